The highest BCUT2D eigenvalue weighted by Gasteiger charge is 2.25. The number of nitrogens with zero attached hydrogens (tertiary/aromatic N) is 2. The number of rotatable bonds is 6. The van der Waals surface area contributed by atoms with Crippen molar-refractivity contribution in [3.05, 3.63) is 24.3 Å². The largest absolute Gasteiger partial charge is 0.492 e. The maximum absolute atomic E-state index is 12.3. The smallest absolute Gasteiger partial charge is 0.239 e. The van der Waals surface area contributed by atoms with Crippen LogP contribution < -0.4 is 15.4 Å². The predicted octanol–water partition coefficient (Wildman–Crippen LogP) is 1.86. The monoisotopic (exact) mass is 305 g/mol. The summed E-state index contributed by atoms with van der Waals surface area (Å²) in [6, 6.07) is 7.72. The molecular weight excluding hydrogens is 278 g/mol. The first-order valence-corrected chi connectivity index (χ1v) is 8.18. The number of nitrogens with two attached hydrogens (primary N) is 1. The summed E-state index contributed by atoms with van der Waals surface area (Å²) in [4.78, 5) is 16.4. The number of carbonyl (C=O) groups excluding carboxylic acids is 1. The molecule has 5 heteroatoms. The lowest BCUT2D eigenvalue weighted by Gasteiger charge is -2.37. The van der Waals surface area contributed by atoms with Crippen LogP contribution >= 0.6 is 0 Å². The Labute approximate surface area is 133 Å². The summed E-state index contributed by atoms with van der Waals surface area (Å²) >= 11 is 0. The van der Waals surface area contributed by atoms with Crippen molar-refractivity contribution >= 4 is 11.6 Å². The second kappa shape index (κ2) is 8.03. The van der Waals surface area contributed by atoms with E-state index in [1.54, 1.807) is 0 Å². The van der Waals surface area contributed by atoms with E-state index in [-0.39, 0.29) is 11.9 Å². The second-order valence-corrected chi connectivity index (χ2v) is 5.61. The van der Waals surface area contributed by atoms with Gasteiger partial charge in [0.2, 0.25) is 5.91 Å². The van der Waals surface area contributed by atoms with Gasteiger partial charge in [0.1, 0.15) is 5.75 Å². The van der Waals surface area contributed by atoms with Gasteiger partial charge >= 0.3 is 0 Å². The molecule has 0 unspecified atom stereocenters. The van der Waals surface area contributed by atoms with Crippen LogP contribution in [0.1, 0.15) is 26.7 Å². The van der Waals surface area contributed by atoms with Crippen LogP contribution in [0.5, 0.6) is 5.75 Å². The van der Waals surface area contributed by atoms with Crippen molar-refractivity contribution in [2.45, 2.75) is 32.7 Å². The maximum atomic E-state index is 12.3. The normalized spacial score (nSPS) is 16.5. The van der Waals surface area contributed by atoms with Crippen LogP contribution in [0.4, 0.5) is 5.69 Å². The van der Waals surface area contributed by atoms with Crippen molar-refractivity contribution in [1.82, 2.24) is 4.90 Å². The van der Waals surface area contributed by atoms with Gasteiger partial charge in [0.15, 0.2) is 0 Å². The molecule has 1 atom stereocenters. The van der Waals surface area contributed by atoms with E-state index < -0.39 is 0 Å². The van der Waals surface area contributed by atoms with Crippen molar-refractivity contribution in [1.29, 1.82) is 0 Å². The fourth-order valence-electron chi connectivity index (χ4n) is 2.83. The molecule has 22 heavy (non-hydrogen) atoms. The van der Waals surface area contributed by atoms with Crippen LogP contribution in [0.3, 0.4) is 0 Å². The lowest BCUT2D eigenvalue weighted by molar-refractivity contribution is -0.133. The van der Waals surface area contributed by atoms with Gasteiger partial charge in [-0.15, -0.1) is 0 Å². The fourth-order valence-corrected chi connectivity index (χ4v) is 2.83. The van der Waals surface area contributed by atoms with Crippen LogP contribution in [0.15, 0.2) is 24.3 Å². The summed E-state index contributed by atoms with van der Waals surface area (Å²) < 4.78 is 5.69. The lowest BCUT2D eigenvalue weighted by Crippen LogP contribution is -2.53. The molecule has 1 aromatic carbocycles. The number of benzene rings is 1. The van der Waals surface area contributed by atoms with E-state index in [9.17, 15) is 4.79 Å². The molecule has 1 saturated heterocycles. The van der Waals surface area contributed by atoms with Gasteiger partial charge in [-0.1, -0.05) is 25.5 Å². The minimum atomic E-state index is -0.354. The number of carbonyl (C=O) groups is 1. The number of para-hydroxylation sites is 2. The highest BCUT2D eigenvalue weighted by molar-refractivity contribution is 5.82. The molecule has 0 spiro atoms. The second-order valence-electron chi connectivity index (χ2n) is 5.61. The van der Waals surface area contributed by atoms with E-state index in [1.807, 2.05) is 30.0 Å². The molecule has 5 nitrogen and oxygen atoms in total. The summed E-state index contributed by atoms with van der Waals surface area (Å²) in [5, 5.41) is 0. The van der Waals surface area contributed by atoms with E-state index in [0.29, 0.717) is 6.61 Å². The Morgan fingerprint density at radius 3 is 2.55 bits per heavy atom. The molecule has 122 valence electrons. The molecule has 0 saturated carbocycles. The highest BCUT2D eigenvalue weighted by atomic mass is 16.5. The highest BCUT2D eigenvalue weighted by Crippen LogP contribution is 2.28. The van der Waals surface area contributed by atoms with E-state index in [4.69, 9.17) is 10.5 Å². The summed E-state index contributed by atoms with van der Waals surface area (Å²) in [7, 11) is 0. The Kier molecular flexibility index (Phi) is 6.07. The Morgan fingerprint density at radius 2 is 1.91 bits per heavy atom. The van der Waals surface area contributed by atoms with Crippen molar-refractivity contribution in [3.63, 3.8) is 0 Å². The Balaban J connectivity index is 1.96. The standard InChI is InChI=1S/C17H27N3O2/c1-3-7-14(18)17(21)20-12-10-19(11-13-20)15-8-5-6-9-16(15)22-4-2/h5-6,8-9,14H,3-4,7,10-13,18H2,1-2H3/t14-/m0/s1. The van der Waals surface area contributed by atoms with Gasteiger partial charge in [-0.3, -0.25) is 4.79 Å². The van der Waals surface area contributed by atoms with Gasteiger partial charge in [-0.2, -0.15) is 0 Å². The van der Waals surface area contributed by atoms with Crippen LogP contribution in [-0.4, -0.2) is 49.6 Å². The van der Waals surface area contributed by atoms with Gasteiger partial charge in [0.25, 0.3) is 0 Å². The zero-order valence-corrected chi connectivity index (χ0v) is 13.6. The van der Waals surface area contributed by atoms with Gasteiger partial charge in [0.05, 0.1) is 18.3 Å². The molecule has 1 heterocycles. The molecular formula is C17H27N3O2. The van der Waals surface area contributed by atoms with Crippen LogP contribution in [-0.2, 0) is 4.79 Å². The summed E-state index contributed by atoms with van der Waals surface area (Å²) in [5.74, 6) is 0.993. The molecule has 1 aliphatic heterocycles. The molecule has 0 aromatic heterocycles. The van der Waals surface area contributed by atoms with Crippen molar-refractivity contribution in [2.24, 2.45) is 5.73 Å². The third kappa shape index (κ3) is 3.91. The van der Waals surface area contributed by atoms with Gasteiger partial charge < -0.3 is 20.3 Å². The molecule has 0 aliphatic carbocycles. The number of hydrogen-bond acceptors (Lipinski definition) is 4. The van der Waals surface area contributed by atoms with Crippen LogP contribution in [0, 0.1) is 0 Å². The number of piperazine rings is 1. The Bertz CT molecular complexity index is 485. The fraction of sp³-hybridized carbons (Fsp3) is 0.588. The molecule has 1 amide bonds. The third-order valence-corrected chi connectivity index (χ3v) is 4.01. The first kappa shape index (κ1) is 16.6. The predicted molar refractivity (Wildman–Crippen MR) is 89.3 cm³/mol. The summed E-state index contributed by atoms with van der Waals surface area (Å²) in [6.07, 6.45) is 1.70. The molecule has 0 radical (unpaired) electrons. The number of hydrogen-bond donors (Lipinski definition) is 1. The van der Waals surface area contributed by atoms with Crippen molar-refractivity contribution < 1.29 is 9.53 Å². The summed E-state index contributed by atoms with van der Waals surface area (Å²) in [6.45, 7) is 7.76. The minimum Gasteiger partial charge on any atom is -0.492 e. The first-order chi connectivity index (χ1) is 10.7. The quantitative estimate of drug-likeness (QED) is 0.871. The molecule has 1 fully saturated rings. The minimum absolute atomic E-state index is 0.0830. The van der Waals surface area contributed by atoms with E-state index in [2.05, 4.69) is 17.9 Å². The van der Waals surface area contributed by atoms with Crippen molar-refractivity contribution in [3.8, 4) is 5.75 Å². The van der Waals surface area contributed by atoms with Crippen LogP contribution in [0.25, 0.3) is 0 Å². The van der Waals surface area contributed by atoms with Gasteiger partial charge in [0, 0.05) is 26.2 Å². The number of ether oxygens (including phenoxy) is 1. The van der Waals surface area contributed by atoms with Crippen LogP contribution in [0.2, 0.25) is 0 Å². The number of anilines is 1. The molecule has 2 N–H and O–H groups in total. The molecule has 0 bridgehead atoms. The molecule has 2 rings (SSSR count). The molecule has 1 aliphatic rings. The van der Waals surface area contributed by atoms with E-state index in [1.165, 1.54) is 0 Å². The average Bonchev–Trinajstić information content (AvgIpc) is 2.55. The topological polar surface area (TPSA) is 58.8 Å². The van der Waals surface area contributed by atoms with E-state index >= 15 is 0 Å². The lowest BCUT2D eigenvalue weighted by atomic mass is 10.1. The van der Waals surface area contributed by atoms with E-state index in [0.717, 1.165) is 50.5 Å². The third-order valence-electron chi connectivity index (χ3n) is 4.01. The van der Waals surface area contributed by atoms with Gasteiger partial charge in [-0.25, -0.2) is 0 Å². The zero-order valence-electron chi connectivity index (χ0n) is 13.6. The Hall–Kier alpha value is -1.75. The van der Waals surface area contributed by atoms with Gasteiger partial charge in [-0.05, 0) is 25.5 Å². The average molecular weight is 305 g/mol. The Morgan fingerprint density at radius 1 is 1.23 bits per heavy atom. The SMILES string of the molecule is CCC[C@H](N)C(=O)N1CCN(c2ccccc2OCC)CC1. The first-order valence-electron chi connectivity index (χ1n) is 8.18. The summed E-state index contributed by atoms with van der Waals surface area (Å²) in [5.41, 5.74) is 7.05. The zero-order chi connectivity index (χ0) is 15.9. The van der Waals surface area contributed by atoms with Crippen molar-refractivity contribution in [2.75, 3.05) is 37.7 Å². The maximum Gasteiger partial charge on any atom is 0.239 e. The number of amides is 1. The molecule has 1 aromatic rings.